The molecule has 0 aliphatic carbocycles. The average Bonchev–Trinajstić information content (AvgIpc) is 3.43. The highest BCUT2D eigenvalue weighted by Crippen LogP contribution is 2.33. The molecule has 0 bridgehead atoms. The van der Waals surface area contributed by atoms with Crippen LogP contribution < -0.4 is 15.4 Å². The van der Waals surface area contributed by atoms with Crippen molar-refractivity contribution >= 4 is 51.7 Å². The van der Waals surface area contributed by atoms with Crippen molar-refractivity contribution in [3.63, 3.8) is 0 Å². The first-order valence-electron chi connectivity index (χ1n) is 13.2. The quantitative estimate of drug-likeness (QED) is 0.0909. The van der Waals surface area contributed by atoms with Crippen LogP contribution >= 0.6 is 19.4 Å². The summed E-state index contributed by atoms with van der Waals surface area (Å²) in [7, 11) is -7.66. The molecular weight excluding hydrogens is 650 g/mol. The molecule has 16 heteroatoms. The molecule has 238 valence electrons. The van der Waals surface area contributed by atoms with Crippen LogP contribution in [0.1, 0.15) is 11.3 Å². The number of fused-ring (bicyclic) bond motifs is 1. The lowest BCUT2D eigenvalue weighted by molar-refractivity contribution is 0.275. The molecule has 0 aliphatic rings. The van der Waals surface area contributed by atoms with E-state index in [-0.39, 0.29) is 18.2 Å². The number of nitrogens with zero attached hydrogens (tertiary/aromatic N) is 2. The summed E-state index contributed by atoms with van der Waals surface area (Å²) in [4.78, 5) is 30.4. The zero-order chi connectivity index (χ0) is 32.6. The highest BCUT2D eigenvalue weighted by atomic mass is 35.5. The molecule has 0 spiro atoms. The van der Waals surface area contributed by atoms with Gasteiger partial charge in [-0.05, 0) is 66.2 Å². The van der Waals surface area contributed by atoms with Gasteiger partial charge in [-0.1, -0.05) is 23.7 Å². The maximum Gasteiger partial charge on any atom is 0.466 e. The molecule has 0 amide bonds. The first-order chi connectivity index (χ1) is 21.2. The van der Waals surface area contributed by atoms with Gasteiger partial charge in [-0.3, -0.25) is 0 Å². The fourth-order valence-corrected chi connectivity index (χ4v) is 4.78. The highest BCUT2D eigenvalue weighted by Gasteiger charge is 2.12. The molecule has 5 rings (SSSR count). The molecule has 0 saturated heterocycles. The van der Waals surface area contributed by atoms with Gasteiger partial charge < -0.3 is 34.5 Å². The Morgan fingerprint density at radius 3 is 2.51 bits per heavy atom. The second kappa shape index (κ2) is 14.9. The minimum atomic E-state index is -4.64. The van der Waals surface area contributed by atoms with E-state index in [0.717, 1.165) is 16.5 Å². The topological polar surface area (TPSA) is 184 Å². The number of benzene rings is 3. The number of furan rings is 1. The second-order valence-electron chi connectivity index (χ2n) is 9.73. The molecule has 0 aliphatic heterocycles. The van der Waals surface area contributed by atoms with E-state index in [4.69, 9.17) is 40.0 Å². The van der Waals surface area contributed by atoms with Crippen LogP contribution in [0.5, 0.6) is 5.75 Å². The van der Waals surface area contributed by atoms with Crippen LogP contribution in [0.3, 0.4) is 0 Å². The van der Waals surface area contributed by atoms with Crippen LogP contribution in [-0.4, -0.2) is 51.6 Å². The molecule has 0 atom stereocenters. The van der Waals surface area contributed by atoms with Crippen LogP contribution in [0.2, 0.25) is 5.02 Å². The average molecular weight is 679 g/mol. The molecule has 2 heterocycles. The van der Waals surface area contributed by atoms with Gasteiger partial charge >= 0.3 is 7.82 Å². The summed E-state index contributed by atoms with van der Waals surface area (Å²) in [6.07, 6.45) is 2.69. The molecule has 0 saturated carbocycles. The van der Waals surface area contributed by atoms with Gasteiger partial charge in [0.05, 0.1) is 22.8 Å². The maximum atomic E-state index is 13.4. The minimum Gasteiger partial charge on any atom is -0.487 e. The number of ether oxygens (including phenoxy) is 1. The second-order valence-corrected chi connectivity index (χ2v) is 13.4. The van der Waals surface area contributed by atoms with Gasteiger partial charge in [0.15, 0.2) is 0 Å². The third kappa shape index (κ3) is 11.2. The van der Waals surface area contributed by atoms with Crippen molar-refractivity contribution in [2.45, 2.75) is 13.2 Å². The van der Waals surface area contributed by atoms with Crippen molar-refractivity contribution in [3.05, 3.63) is 101 Å². The van der Waals surface area contributed by atoms with Crippen molar-refractivity contribution in [1.82, 2.24) is 15.3 Å². The Balaban J connectivity index is 0.000000854. The summed E-state index contributed by atoms with van der Waals surface area (Å²) in [5.74, 6) is 2.17. The van der Waals surface area contributed by atoms with Gasteiger partial charge in [0.25, 0.3) is 0 Å². The zero-order valence-corrected chi connectivity index (χ0v) is 26.2. The van der Waals surface area contributed by atoms with Gasteiger partial charge in [0, 0.05) is 29.4 Å². The molecule has 45 heavy (non-hydrogen) atoms. The molecule has 3 aromatic carbocycles. The summed E-state index contributed by atoms with van der Waals surface area (Å²) in [5.41, 5.74) is 2.99. The van der Waals surface area contributed by atoms with E-state index in [1.165, 1.54) is 24.7 Å². The minimum absolute atomic E-state index is 0.0664. The lowest BCUT2D eigenvalue weighted by Gasteiger charge is -2.12. The Morgan fingerprint density at radius 2 is 1.80 bits per heavy atom. The van der Waals surface area contributed by atoms with Crippen LogP contribution in [0, 0.1) is 5.82 Å². The number of hydrogen-bond acceptors (Lipinski definition) is 9. The lowest BCUT2D eigenvalue weighted by Crippen LogP contribution is -2.21. The standard InChI is InChI=1S/C29H26ClFN4O4S.H3O4P/c1-40(36,37)12-11-32-16-23-7-10-27(39-23)20-5-8-26-24(14-20)29(34-18-33-26)35-22-6-9-28(25(30)15-22)38-17-19-3-2-4-21(31)13-19;1-5(2,3)4/h2-10,13-15,18,32H,11-12,16-17H2,1H3,(H,33,34,35);(H3,1,2,3,4). The Hall–Kier alpha value is -3.88. The molecule has 0 radical (unpaired) electrons. The maximum absolute atomic E-state index is 13.4. The van der Waals surface area contributed by atoms with Crippen molar-refractivity contribution in [3.8, 4) is 17.1 Å². The molecule has 12 nitrogen and oxygen atoms in total. The van der Waals surface area contributed by atoms with Crippen LogP contribution in [0.25, 0.3) is 22.2 Å². The molecule has 5 N–H and O–H groups in total. The molecule has 0 fully saturated rings. The number of nitrogens with one attached hydrogen (secondary N) is 2. The van der Waals surface area contributed by atoms with Gasteiger partial charge in [0.2, 0.25) is 0 Å². The third-order valence-corrected chi connectivity index (χ3v) is 7.25. The van der Waals surface area contributed by atoms with E-state index < -0.39 is 17.7 Å². The number of anilines is 2. The van der Waals surface area contributed by atoms with Crippen molar-refractivity contribution in [2.24, 2.45) is 0 Å². The van der Waals surface area contributed by atoms with Crippen molar-refractivity contribution in [2.75, 3.05) is 23.9 Å². The van der Waals surface area contributed by atoms with E-state index in [2.05, 4.69) is 20.6 Å². The fraction of sp³-hybridized carbons (Fsp3) is 0.172. The fourth-order valence-electron chi connectivity index (χ4n) is 4.03. The summed E-state index contributed by atoms with van der Waals surface area (Å²) in [6.45, 7) is 0.956. The number of phosphoric acid groups is 1. The SMILES string of the molecule is CS(=O)(=O)CCNCc1ccc(-c2ccc3ncnc(Nc4ccc(OCc5cccc(F)c5)c(Cl)c4)c3c2)o1.O=P(O)(O)O. The Morgan fingerprint density at radius 1 is 1.02 bits per heavy atom. The first-order valence-corrected chi connectivity index (χ1v) is 17.2. The highest BCUT2D eigenvalue weighted by molar-refractivity contribution is 7.90. The predicted octanol–water partition coefficient (Wildman–Crippen LogP) is 5.21. The molecular formula is C29H29ClFN4O8PS. The summed E-state index contributed by atoms with van der Waals surface area (Å²) < 4.78 is 56.7. The van der Waals surface area contributed by atoms with Crippen molar-refractivity contribution < 1.29 is 41.2 Å². The Labute approximate surface area is 263 Å². The van der Waals surface area contributed by atoms with Gasteiger partial charge in [-0.2, -0.15) is 0 Å². The smallest absolute Gasteiger partial charge is 0.466 e. The molecule has 5 aromatic rings. The van der Waals surface area contributed by atoms with Gasteiger partial charge in [0.1, 0.15) is 51.7 Å². The largest absolute Gasteiger partial charge is 0.487 e. The van der Waals surface area contributed by atoms with Gasteiger partial charge in [-0.15, -0.1) is 0 Å². The summed E-state index contributed by atoms with van der Waals surface area (Å²) in [5, 5.41) is 7.56. The number of hydrogen-bond donors (Lipinski definition) is 5. The first kappa shape index (κ1) is 34.0. The number of halogens is 2. The van der Waals surface area contributed by atoms with Gasteiger partial charge in [-0.25, -0.2) is 27.3 Å². The molecule has 0 unspecified atom stereocenters. The van der Waals surface area contributed by atoms with E-state index in [1.54, 1.807) is 24.3 Å². The van der Waals surface area contributed by atoms with E-state index in [0.29, 0.717) is 52.5 Å². The van der Waals surface area contributed by atoms with E-state index in [1.807, 2.05) is 36.4 Å². The Bertz CT molecular complexity index is 1930. The Kier molecular flexibility index (Phi) is 11.3. The number of sulfone groups is 1. The monoisotopic (exact) mass is 678 g/mol. The van der Waals surface area contributed by atoms with E-state index >= 15 is 0 Å². The van der Waals surface area contributed by atoms with Crippen LogP contribution in [0.15, 0.2) is 83.5 Å². The summed E-state index contributed by atoms with van der Waals surface area (Å²) >= 11 is 6.47. The number of rotatable bonds is 11. The normalized spacial score (nSPS) is 11.6. The predicted molar refractivity (Wildman–Crippen MR) is 168 cm³/mol. The third-order valence-electron chi connectivity index (χ3n) is 6.01. The van der Waals surface area contributed by atoms with Crippen molar-refractivity contribution in [1.29, 1.82) is 0 Å². The number of aromatic nitrogens is 2. The van der Waals surface area contributed by atoms with E-state index in [9.17, 15) is 12.8 Å². The van der Waals surface area contributed by atoms with Crippen LogP contribution in [-0.2, 0) is 27.6 Å². The lowest BCUT2D eigenvalue weighted by atomic mass is 10.1. The summed E-state index contributed by atoms with van der Waals surface area (Å²) in [6, 6.07) is 21.0. The van der Waals surface area contributed by atoms with Crippen LogP contribution in [0.4, 0.5) is 15.9 Å². The molecule has 2 aromatic heterocycles. The zero-order valence-electron chi connectivity index (χ0n) is 23.7.